The molecule has 0 N–H and O–H groups in total. The molecule has 0 radical (unpaired) electrons. The summed E-state index contributed by atoms with van der Waals surface area (Å²) in [6.45, 7) is -3.23. The van der Waals surface area contributed by atoms with Crippen molar-refractivity contribution in [3.05, 3.63) is 28.8 Å². The van der Waals surface area contributed by atoms with Crippen LogP contribution in [0.4, 0.5) is 8.78 Å². The van der Waals surface area contributed by atoms with Crippen LogP contribution in [0.3, 0.4) is 0 Å². The number of ether oxygens (including phenoxy) is 2. The lowest BCUT2D eigenvalue weighted by atomic mass is 10.0. The Morgan fingerprint density at radius 1 is 1.50 bits per heavy atom. The molecule has 0 aliphatic heterocycles. The molecule has 1 rings (SSSR count). The van der Waals surface area contributed by atoms with Gasteiger partial charge in [0.2, 0.25) is 0 Å². The number of hydrogen-bond acceptors (Lipinski definition) is 5. The van der Waals surface area contributed by atoms with Crippen LogP contribution in [0, 0.1) is 11.3 Å². The van der Waals surface area contributed by atoms with E-state index < -0.39 is 23.9 Å². The minimum Gasteiger partial charge on any atom is -0.465 e. The number of methoxy groups -OCH3 is 1. The number of benzene rings is 1. The summed E-state index contributed by atoms with van der Waals surface area (Å²) < 4.78 is 33.0. The molecular formula is C11H7F2NO4. The Kier molecular flexibility index (Phi) is 4.32. The molecule has 0 saturated heterocycles. The van der Waals surface area contributed by atoms with Crippen LogP contribution in [-0.4, -0.2) is 26.0 Å². The molecule has 5 nitrogen and oxygen atoms in total. The van der Waals surface area contributed by atoms with Gasteiger partial charge >= 0.3 is 12.6 Å². The fraction of sp³-hybridized carbons (Fsp3) is 0.182. The molecule has 0 amide bonds. The number of nitriles is 1. The first-order valence-electron chi connectivity index (χ1n) is 4.60. The highest BCUT2D eigenvalue weighted by molar-refractivity contribution is 6.01. The minimum absolute atomic E-state index is 0.198. The number of nitrogens with zero attached hydrogens (tertiary/aromatic N) is 1. The van der Waals surface area contributed by atoms with E-state index in [2.05, 4.69) is 9.47 Å². The van der Waals surface area contributed by atoms with E-state index in [1.54, 1.807) is 6.07 Å². The van der Waals surface area contributed by atoms with Crippen LogP contribution >= 0.6 is 0 Å². The van der Waals surface area contributed by atoms with Crippen LogP contribution in [0.5, 0.6) is 5.75 Å². The van der Waals surface area contributed by atoms with Crippen LogP contribution in [0.2, 0.25) is 0 Å². The number of esters is 1. The molecule has 0 aliphatic rings. The number of alkyl halides is 2. The standard InChI is InChI=1S/C11H7F2NO4/c1-17-10(16)8-7(5-15)3-2-6(4-14)9(8)18-11(12)13/h2-3,5,11H,1H3. The highest BCUT2D eigenvalue weighted by atomic mass is 19.3. The Hall–Kier alpha value is -2.49. The minimum atomic E-state index is -3.23. The zero-order valence-electron chi connectivity index (χ0n) is 9.15. The monoisotopic (exact) mass is 255 g/mol. The van der Waals surface area contributed by atoms with E-state index in [1.807, 2.05) is 0 Å². The van der Waals surface area contributed by atoms with Crippen molar-refractivity contribution in [1.82, 2.24) is 0 Å². The summed E-state index contributed by atoms with van der Waals surface area (Å²) in [7, 11) is 1.02. The molecule has 0 saturated carbocycles. The molecule has 7 heteroatoms. The van der Waals surface area contributed by atoms with Gasteiger partial charge in [0, 0.05) is 5.56 Å². The van der Waals surface area contributed by atoms with Crippen molar-refractivity contribution in [2.45, 2.75) is 6.61 Å². The Labute approximate surface area is 101 Å². The quantitative estimate of drug-likeness (QED) is 0.605. The summed E-state index contributed by atoms with van der Waals surface area (Å²) in [5, 5.41) is 8.76. The maximum Gasteiger partial charge on any atom is 0.387 e. The van der Waals surface area contributed by atoms with Crippen molar-refractivity contribution in [3.63, 3.8) is 0 Å². The lowest BCUT2D eigenvalue weighted by Crippen LogP contribution is -2.13. The largest absolute Gasteiger partial charge is 0.465 e. The maximum absolute atomic E-state index is 12.2. The third kappa shape index (κ3) is 2.60. The third-order valence-electron chi connectivity index (χ3n) is 2.03. The van der Waals surface area contributed by atoms with Gasteiger partial charge in [-0.1, -0.05) is 0 Å². The molecule has 0 unspecified atom stereocenters. The number of halogens is 2. The molecule has 0 fully saturated rings. The van der Waals surface area contributed by atoms with Gasteiger partial charge in [-0.05, 0) is 12.1 Å². The second-order valence-electron chi connectivity index (χ2n) is 3.01. The number of hydrogen-bond donors (Lipinski definition) is 0. The summed E-state index contributed by atoms with van der Waals surface area (Å²) in [5.74, 6) is -1.70. The van der Waals surface area contributed by atoms with Crippen LogP contribution in [0.25, 0.3) is 0 Å². The van der Waals surface area contributed by atoms with Crippen LogP contribution in [0.1, 0.15) is 26.3 Å². The highest BCUT2D eigenvalue weighted by Gasteiger charge is 2.24. The van der Waals surface area contributed by atoms with E-state index in [-0.39, 0.29) is 17.4 Å². The van der Waals surface area contributed by atoms with E-state index in [0.29, 0.717) is 0 Å². The second-order valence-corrected chi connectivity index (χ2v) is 3.01. The molecular weight excluding hydrogens is 248 g/mol. The first kappa shape index (κ1) is 13.6. The predicted molar refractivity (Wildman–Crippen MR) is 54.5 cm³/mol. The fourth-order valence-corrected chi connectivity index (χ4v) is 1.31. The average molecular weight is 255 g/mol. The van der Waals surface area contributed by atoms with Crippen molar-refractivity contribution < 1.29 is 27.8 Å². The lowest BCUT2D eigenvalue weighted by Gasteiger charge is -2.12. The summed E-state index contributed by atoms with van der Waals surface area (Å²) in [6, 6.07) is 3.84. The number of rotatable bonds is 4. The molecule has 0 heterocycles. The van der Waals surface area contributed by atoms with Gasteiger partial charge in [-0.15, -0.1) is 0 Å². The summed E-state index contributed by atoms with van der Waals surface area (Å²) in [5.41, 5.74) is -0.982. The molecule has 1 aromatic rings. The van der Waals surface area contributed by atoms with Gasteiger partial charge in [0.1, 0.15) is 11.6 Å². The van der Waals surface area contributed by atoms with E-state index in [1.165, 1.54) is 0 Å². The molecule has 0 atom stereocenters. The zero-order valence-corrected chi connectivity index (χ0v) is 9.15. The van der Waals surface area contributed by atoms with Crippen molar-refractivity contribution in [1.29, 1.82) is 5.26 Å². The second kappa shape index (κ2) is 5.72. The van der Waals surface area contributed by atoms with Crippen molar-refractivity contribution in [2.24, 2.45) is 0 Å². The first-order chi connectivity index (χ1) is 8.54. The van der Waals surface area contributed by atoms with E-state index in [0.717, 1.165) is 19.2 Å². The molecule has 18 heavy (non-hydrogen) atoms. The summed E-state index contributed by atoms with van der Waals surface area (Å²) in [6.07, 6.45) is 0.283. The Balaban J connectivity index is 3.53. The molecule has 0 spiro atoms. The molecule has 94 valence electrons. The highest BCUT2D eigenvalue weighted by Crippen LogP contribution is 2.28. The summed E-state index contributed by atoms with van der Waals surface area (Å²) >= 11 is 0. The van der Waals surface area contributed by atoms with Crippen LogP contribution < -0.4 is 4.74 Å². The normalized spacial score (nSPS) is 9.72. The van der Waals surface area contributed by atoms with Gasteiger partial charge in [-0.25, -0.2) is 4.79 Å². The van der Waals surface area contributed by atoms with Gasteiger partial charge in [0.05, 0.1) is 12.7 Å². The van der Waals surface area contributed by atoms with Gasteiger partial charge in [0.15, 0.2) is 12.0 Å². The van der Waals surface area contributed by atoms with Crippen LogP contribution in [-0.2, 0) is 4.74 Å². The fourth-order valence-electron chi connectivity index (χ4n) is 1.31. The summed E-state index contributed by atoms with van der Waals surface area (Å²) in [4.78, 5) is 22.2. The van der Waals surface area contributed by atoms with E-state index >= 15 is 0 Å². The molecule has 0 bridgehead atoms. The molecule has 1 aromatic carbocycles. The zero-order chi connectivity index (χ0) is 13.7. The number of carbonyl (C=O) groups excluding carboxylic acids is 2. The van der Waals surface area contributed by atoms with Crippen molar-refractivity contribution >= 4 is 12.3 Å². The average Bonchev–Trinajstić information content (AvgIpc) is 2.36. The smallest absolute Gasteiger partial charge is 0.387 e. The van der Waals surface area contributed by atoms with Gasteiger partial charge in [-0.3, -0.25) is 4.79 Å². The van der Waals surface area contributed by atoms with E-state index in [9.17, 15) is 18.4 Å². The Morgan fingerprint density at radius 3 is 2.61 bits per heavy atom. The SMILES string of the molecule is COC(=O)c1c(C=O)ccc(C#N)c1OC(F)F. The van der Waals surface area contributed by atoms with Crippen LogP contribution in [0.15, 0.2) is 12.1 Å². The van der Waals surface area contributed by atoms with Gasteiger partial charge in [-0.2, -0.15) is 14.0 Å². The van der Waals surface area contributed by atoms with E-state index in [4.69, 9.17) is 5.26 Å². The Bertz CT molecular complexity index is 523. The number of aldehydes is 1. The van der Waals surface area contributed by atoms with Crippen molar-refractivity contribution in [2.75, 3.05) is 7.11 Å². The Morgan fingerprint density at radius 2 is 2.17 bits per heavy atom. The molecule has 0 aliphatic carbocycles. The van der Waals surface area contributed by atoms with Gasteiger partial charge < -0.3 is 9.47 Å². The third-order valence-corrected chi connectivity index (χ3v) is 2.03. The predicted octanol–water partition coefficient (Wildman–Crippen LogP) is 1.76. The van der Waals surface area contributed by atoms with Crippen molar-refractivity contribution in [3.8, 4) is 11.8 Å². The first-order valence-corrected chi connectivity index (χ1v) is 4.60. The molecule has 0 aromatic heterocycles. The number of carbonyl (C=O) groups is 2. The topological polar surface area (TPSA) is 76.4 Å². The lowest BCUT2D eigenvalue weighted by molar-refractivity contribution is -0.0506. The maximum atomic E-state index is 12.2. The van der Waals surface area contributed by atoms with Gasteiger partial charge in [0.25, 0.3) is 0 Å².